The Morgan fingerprint density at radius 1 is 1.11 bits per heavy atom. The maximum atomic E-state index is 12.6. The third-order valence-electron chi connectivity index (χ3n) is 7.13. The zero-order chi connectivity index (χ0) is 27.9. The molecule has 0 bridgehead atoms. The maximum absolute atomic E-state index is 12.6. The van der Waals surface area contributed by atoms with E-state index in [0.717, 1.165) is 43.2 Å². The Labute approximate surface area is 235 Å². The molecule has 1 amide bonds. The van der Waals surface area contributed by atoms with Gasteiger partial charge in [0.05, 0.1) is 12.7 Å². The van der Waals surface area contributed by atoms with Crippen LogP contribution in [-0.2, 0) is 24.3 Å². The fourth-order valence-electron chi connectivity index (χ4n) is 4.59. The Morgan fingerprint density at radius 2 is 1.87 bits per heavy atom. The largest absolute Gasteiger partial charge is 0.330 e. The maximum Gasteiger partial charge on any atom is 0.246 e. The molecule has 0 aliphatic carbocycles. The first-order chi connectivity index (χ1) is 18.3. The van der Waals surface area contributed by atoms with E-state index in [1.807, 2.05) is 28.8 Å². The molecule has 0 spiro atoms. The number of nitrogens with zero attached hydrogens (tertiary/aromatic N) is 4. The van der Waals surface area contributed by atoms with Gasteiger partial charge in [0.25, 0.3) is 0 Å². The van der Waals surface area contributed by atoms with Crippen LogP contribution in [0.15, 0.2) is 42.6 Å². The lowest BCUT2D eigenvalue weighted by Crippen LogP contribution is -2.38. The second-order valence-corrected chi connectivity index (χ2v) is 10.5. The van der Waals surface area contributed by atoms with Crippen molar-refractivity contribution in [2.45, 2.75) is 98.7 Å². The number of rotatable bonds is 13. The van der Waals surface area contributed by atoms with Crippen molar-refractivity contribution in [1.29, 1.82) is 0 Å². The molecule has 0 saturated carbocycles. The molecular weight excluding hydrogens is 496 g/mol. The van der Waals surface area contributed by atoms with Crippen LogP contribution in [-0.4, -0.2) is 56.7 Å². The van der Waals surface area contributed by atoms with Gasteiger partial charge in [-0.3, -0.25) is 14.5 Å². The molecular formula is C31H47ClN4O2. The molecule has 1 aromatic carbocycles. The zero-order valence-electron chi connectivity index (χ0n) is 24.1. The molecule has 1 atom stereocenters. The lowest BCUT2D eigenvalue weighted by molar-refractivity contribution is -0.127. The van der Waals surface area contributed by atoms with Crippen LogP contribution >= 0.6 is 11.6 Å². The van der Waals surface area contributed by atoms with Crippen molar-refractivity contribution in [2.24, 2.45) is 0 Å². The number of carbonyl (C=O) groups excluding carboxylic acids is 2. The molecule has 0 N–H and O–H groups in total. The Balaban J connectivity index is 0.000000423. The number of Topliss-reactive ketones (excluding diaryl/α,β-unsaturated/α-hetero) is 1. The van der Waals surface area contributed by atoms with Crippen molar-refractivity contribution in [3.05, 3.63) is 64.7 Å². The highest BCUT2D eigenvalue weighted by molar-refractivity contribution is 6.31. The molecule has 38 heavy (non-hydrogen) atoms. The van der Waals surface area contributed by atoms with E-state index in [1.54, 1.807) is 24.1 Å². The summed E-state index contributed by atoms with van der Waals surface area (Å²) in [5, 5.41) is 0.893. The SMILES string of the molecule is CCCCCCN(C/C=C/C(=O)N1CCn2c(C(C)=O)cnc2C1)C(C)CC.CCCc1ccccc1Cl. The van der Waals surface area contributed by atoms with E-state index in [4.69, 9.17) is 11.6 Å². The number of halogens is 1. The van der Waals surface area contributed by atoms with Gasteiger partial charge in [-0.2, -0.15) is 0 Å². The van der Waals surface area contributed by atoms with E-state index in [-0.39, 0.29) is 11.7 Å². The summed E-state index contributed by atoms with van der Waals surface area (Å²) >= 11 is 5.90. The topological polar surface area (TPSA) is 58.4 Å². The summed E-state index contributed by atoms with van der Waals surface area (Å²) in [7, 11) is 0. The summed E-state index contributed by atoms with van der Waals surface area (Å²) in [4.78, 5) is 32.8. The zero-order valence-corrected chi connectivity index (χ0v) is 24.8. The highest BCUT2D eigenvalue weighted by Gasteiger charge is 2.23. The molecule has 210 valence electrons. The van der Waals surface area contributed by atoms with E-state index in [2.05, 4.69) is 43.6 Å². The monoisotopic (exact) mass is 542 g/mol. The Bertz CT molecular complexity index is 1030. The Hall–Kier alpha value is -2.44. The molecule has 1 unspecified atom stereocenters. The number of hydrogen-bond acceptors (Lipinski definition) is 4. The summed E-state index contributed by atoms with van der Waals surface area (Å²) in [6.07, 6.45) is 13.7. The number of fused-ring (bicyclic) bond motifs is 1. The van der Waals surface area contributed by atoms with E-state index < -0.39 is 0 Å². The fourth-order valence-corrected chi connectivity index (χ4v) is 4.82. The minimum absolute atomic E-state index is 0.0162. The highest BCUT2D eigenvalue weighted by Crippen LogP contribution is 2.17. The van der Waals surface area contributed by atoms with Crippen molar-refractivity contribution < 1.29 is 9.59 Å². The highest BCUT2D eigenvalue weighted by atomic mass is 35.5. The number of unbranched alkanes of at least 4 members (excludes halogenated alkanes) is 3. The average molecular weight is 543 g/mol. The van der Waals surface area contributed by atoms with Gasteiger partial charge in [-0.1, -0.05) is 82.3 Å². The van der Waals surface area contributed by atoms with E-state index in [0.29, 0.717) is 31.4 Å². The standard InChI is InChI=1S/C22H36N4O2.C9H11Cl/c1-5-7-8-9-12-24(18(3)6-2)13-10-11-22(28)25-14-15-26-20(19(4)27)16-23-21(26)17-25;1-2-5-8-6-3-4-7-9(8)10/h10-11,16,18H,5-9,12-15,17H2,1-4H3;3-4,6-7H,2,5H2,1H3/b11-10+;. The molecule has 6 nitrogen and oxygen atoms in total. The Kier molecular flexibility index (Phi) is 14.4. The Morgan fingerprint density at radius 3 is 2.53 bits per heavy atom. The number of amides is 1. The van der Waals surface area contributed by atoms with Gasteiger partial charge in [-0.25, -0.2) is 4.98 Å². The lowest BCUT2D eigenvalue weighted by Gasteiger charge is -2.28. The summed E-state index contributed by atoms with van der Waals surface area (Å²) in [6.45, 7) is 14.0. The molecule has 0 radical (unpaired) electrons. The van der Waals surface area contributed by atoms with Crippen LogP contribution < -0.4 is 0 Å². The van der Waals surface area contributed by atoms with E-state index >= 15 is 0 Å². The number of imidazole rings is 1. The normalized spacial score (nSPS) is 13.8. The van der Waals surface area contributed by atoms with Gasteiger partial charge in [-0.15, -0.1) is 0 Å². The van der Waals surface area contributed by atoms with Crippen molar-refractivity contribution in [3.8, 4) is 0 Å². The second kappa shape index (κ2) is 17.2. The average Bonchev–Trinajstić information content (AvgIpc) is 3.35. The quantitative estimate of drug-likeness (QED) is 0.156. The molecule has 2 heterocycles. The van der Waals surface area contributed by atoms with Gasteiger partial charge in [0.2, 0.25) is 5.91 Å². The molecule has 1 aliphatic heterocycles. The van der Waals surface area contributed by atoms with Crippen LogP contribution in [0.1, 0.15) is 95.0 Å². The second-order valence-electron chi connectivity index (χ2n) is 10.1. The summed E-state index contributed by atoms with van der Waals surface area (Å²) < 4.78 is 1.93. The smallest absolute Gasteiger partial charge is 0.246 e. The summed E-state index contributed by atoms with van der Waals surface area (Å²) in [5.74, 6) is 0.826. The van der Waals surface area contributed by atoms with Crippen molar-refractivity contribution >= 4 is 23.3 Å². The number of ketones is 1. The summed E-state index contributed by atoms with van der Waals surface area (Å²) in [5.41, 5.74) is 1.89. The van der Waals surface area contributed by atoms with Gasteiger partial charge in [0.1, 0.15) is 11.5 Å². The van der Waals surface area contributed by atoms with Crippen LogP contribution in [0.5, 0.6) is 0 Å². The number of hydrogen-bond donors (Lipinski definition) is 0. The van der Waals surface area contributed by atoms with Crippen LogP contribution in [0, 0.1) is 0 Å². The van der Waals surface area contributed by atoms with Crippen molar-refractivity contribution in [1.82, 2.24) is 19.4 Å². The third kappa shape index (κ3) is 10.0. The molecule has 3 rings (SSSR count). The number of carbonyl (C=O) groups is 2. The van der Waals surface area contributed by atoms with Gasteiger partial charge in [0, 0.05) is 43.7 Å². The van der Waals surface area contributed by atoms with Gasteiger partial charge in [-0.05, 0) is 44.4 Å². The number of aromatic nitrogens is 2. The molecule has 1 aromatic heterocycles. The minimum atomic E-state index is 0.0162. The predicted octanol–water partition coefficient (Wildman–Crippen LogP) is 6.96. The first kappa shape index (κ1) is 31.8. The third-order valence-corrected chi connectivity index (χ3v) is 7.50. The van der Waals surface area contributed by atoms with Crippen molar-refractivity contribution in [2.75, 3.05) is 19.6 Å². The van der Waals surface area contributed by atoms with Crippen molar-refractivity contribution in [3.63, 3.8) is 0 Å². The van der Waals surface area contributed by atoms with Gasteiger partial charge in [0.15, 0.2) is 5.78 Å². The van der Waals surface area contributed by atoms with E-state index in [1.165, 1.54) is 31.2 Å². The number of benzene rings is 1. The fraction of sp³-hybridized carbons (Fsp3) is 0.581. The van der Waals surface area contributed by atoms with Crippen LogP contribution in [0.4, 0.5) is 0 Å². The predicted molar refractivity (Wildman–Crippen MR) is 158 cm³/mol. The van der Waals surface area contributed by atoms with Gasteiger partial charge < -0.3 is 9.47 Å². The lowest BCUT2D eigenvalue weighted by atomic mass is 10.1. The summed E-state index contributed by atoms with van der Waals surface area (Å²) in [6, 6.07) is 8.52. The first-order valence-corrected chi connectivity index (χ1v) is 14.7. The minimum Gasteiger partial charge on any atom is -0.330 e. The molecule has 0 fully saturated rings. The van der Waals surface area contributed by atoms with Gasteiger partial charge >= 0.3 is 0 Å². The molecule has 0 saturated heterocycles. The molecule has 7 heteroatoms. The van der Waals surface area contributed by atoms with Crippen LogP contribution in [0.25, 0.3) is 0 Å². The van der Waals surface area contributed by atoms with E-state index in [9.17, 15) is 9.59 Å². The number of aryl methyl sites for hydroxylation is 1. The molecule has 2 aromatic rings. The van der Waals surface area contributed by atoms with Crippen LogP contribution in [0.3, 0.4) is 0 Å². The molecule has 1 aliphatic rings. The van der Waals surface area contributed by atoms with Crippen LogP contribution in [0.2, 0.25) is 5.02 Å². The first-order valence-electron chi connectivity index (χ1n) is 14.3.